The smallest absolute Gasteiger partial charge is 0.273 e. The molecule has 3 heterocycles. The Morgan fingerprint density at radius 1 is 1.33 bits per heavy atom. The lowest BCUT2D eigenvalue weighted by molar-refractivity contribution is -0.134. The number of anilines is 1. The highest BCUT2D eigenvalue weighted by Crippen LogP contribution is 2.35. The van der Waals surface area contributed by atoms with Gasteiger partial charge in [-0.25, -0.2) is 15.4 Å². The number of halogens is 2. The molecule has 138 valence electrons. The molecule has 1 saturated heterocycles. The summed E-state index contributed by atoms with van der Waals surface area (Å²) in [4.78, 5) is 34.3. The van der Waals surface area contributed by atoms with E-state index in [-0.39, 0.29) is 23.8 Å². The summed E-state index contributed by atoms with van der Waals surface area (Å²) in [6, 6.07) is 4.05. The minimum absolute atomic E-state index is 0.168. The van der Waals surface area contributed by atoms with Gasteiger partial charge in [-0.15, -0.1) is 0 Å². The number of nitrogens with one attached hydrogen (secondary N) is 1. The van der Waals surface area contributed by atoms with Gasteiger partial charge in [0.15, 0.2) is 11.8 Å². The highest BCUT2D eigenvalue weighted by molar-refractivity contribution is 6.45. The molecule has 1 atom stereocenters. The first-order valence-electron chi connectivity index (χ1n) is 8.01. The van der Waals surface area contributed by atoms with Crippen LogP contribution >= 0.6 is 23.2 Å². The van der Waals surface area contributed by atoms with E-state index in [2.05, 4.69) is 9.97 Å². The number of benzene rings is 1. The minimum atomic E-state index is -1.16. The summed E-state index contributed by atoms with van der Waals surface area (Å²) in [7, 11) is 0. The molecule has 0 spiro atoms. The summed E-state index contributed by atoms with van der Waals surface area (Å²) >= 11 is 12.5. The van der Waals surface area contributed by atoms with Crippen molar-refractivity contribution in [1.29, 1.82) is 0 Å². The fourth-order valence-electron chi connectivity index (χ4n) is 3.23. The lowest BCUT2D eigenvalue weighted by atomic mass is 10.1. The molecule has 0 radical (unpaired) electrons. The number of hydrogen-bond donors (Lipinski definition) is 2. The summed E-state index contributed by atoms with van der Waals surface area (Å²) in [5.74, 6) is -0.736. The van der Waals surface area contributed by atoms with Gasteiger partial charge in [0.2, 0.25) is 0 Å². The summed E-state index contributed by atoms with van der Waals surface area (Å²) in [5, 5.41) is 10.3. The molecule has 1 fully saturated rings. The van der Waals surface area contributed by atoms with Crippen molar-refractivity contribution >= 4 is 51.6 Å². The average Bonchev–Trinajstić information content (AvgIpc) is 3.33. The normalized spacial score (nSPS) is 16.9. The first kappa shape index (κ1) is 17.7. The monoisotopic (exact) mass is 405 g/mol. The van der Waals surface area contributed by atoms with Crippen LogP contribution < -0.4 is 10.4 Å². The fourth-order valence-corrected chi connectivity index (χ4v) is 3.59. The van der Waals surface area contributed by atoms with Crippen LogP contribution in [0.2, 0.25) is 10.0 Å². The van der Waals surface area contributed by atoms with Crippen molar-refractivity contribution < 1.29 is 14.8 Å². The molecule has 4 rings (SSSR count). The molecule has 2 N–H and O–H groups in total. The number of hydrogen-bond acceptors (Lipinski definition) is 6. The van der Waals surface area contributed by atoms with Crippen LogP contribution in [-0.2, 0) is 9.59 Å². The summed E-state index contributed by atoms with van der Waals surface area (Å²) in [6.07, 6.45) is 5.18. The van der Waals surface area contributed by atoms with Gasteiger partial charge in [0.25, 0.3) is 5.91 Å². The van der Waals surface area contributed by atoms with Gasteiger partial charge in [0, 0.05) is 36.8 Å². The third-order valence-corrected chi connectivity index (χ3v) is 5.28. The Morgan fingerprint density at radius 3 is 2.85 bits per heavy atom. The van der Waals surface area contributed by atoms with Crippen molar-refractivity contribution in [3.8, 4) is 5.69 Å². The number of ketones is 1. The quantitative estimate of drug-likeness (QED) is 0.394. The number of pyridine rings is 1. The van der Waals surface area contributed by atoms with E-state index in [9.17, 15) is 9.59 Å². The fraction of sp³-hybridized carbons (Fsp3) is 0.176. The van der Waals surface area contributed by atoms with Gasteiger partial charge in [-0.3, -0.25) is 14.8 Å². The maximum absolute atomic E-state index is 12.2. The van der Waals surface area contributed by atoms with Crippen LogP contribution in [0.4, 0.5) is 5.82 Å². The van der Waals surface area contributed by atoms with Gasteiger partial charge >= 0.3 is 0 Å². The Bertz CT molecular complexity index is 1050. The largest absolute Gasteiger partial charge is 0.338 e. The molecular weight excluding hydrogens is 393 g/mol. The van der Waals surface area contributed by atoms with E-state index in [0.717, 1.165) is 5.39 Å². The predicted octanol–water partition coefficient (Wildman–Crippen LogP) is 2.38. The van der Waals surface area contributed by atoms with Crippen LogP contribution in [0.1, 0.15) is 6.42 Å². The number of amides is 1. The van der Waals surface area contributed by atoms with Gasteiger partial charge in [-0.1, -0.05) is 23.2 Å². The SMILES string of the molecule is O=C1CCN(c2cc(-n3ccnc3)c3ccc(Cl)c(Cl)c3n2)[C@@H]1C(=O)NO. The van der Waals surface area contributed by atoms with E-state index in [1.807, 2.05) is 0 Å². The zero-order valence-corrected chi connectivity index (χ0v) is 15.3. The van der Waals surface area contributed by atoms with Crippen molar-refractivity contribution in [2.24, 2.45) is 0 Å². The Balaban J connectivity index is 1.95. The number of aromatic nitrogens is 3. The van der Waals surface area contributed by atoms with Crippen molar-refractivity contribution in [2.75, 3.05) is 11.4 Å². The molecule has 8 nitrogen and oxygen atoms in total. The molecule has 0 saturated carbocycles. The van der Waals surface area contributed by atoms with Crippen LogP contribution in [0, 0.1) is 0 Å². The molecule has 0 bridgehead atoms. The number of imidazole rings is 1. The van der Waals surface area contributed by atoms with E-state index >= 15 is 0 Å². The van der Waals surface area contributed by atoms with Crippen LogP contribution in [0.15, 0.2) is 36.9 Å². The maximum atomic E-state index is 12.2. The molecule has 2 aromatic heterocycles. The Labute approximate surface area is 163 Å². The number of nitrogens with zero attached hydrogens (tertiary/aromatic N) is 4. The number of carbonyl (C=O) groups excluding carboxylic acids is 2. The van der Waals surface area contributed by atoms with E-state index in [1.165, 1.54) is 4.90 Å². The van der Waals surface area contributed by atoms with Crippen molar-refractivity contribution in [3.05, 3.63) is 47.0 Å². The van der Waals surface area contributed by atoms with Gasteiger partial charge in [0.05, 0.1) is 27.6 Å². The molecule has 1 aromatic carbocycles. The molecule has 1 aliphatic heterocycles. The second-order valence-corrected chi connectivity index (χ2v) is 6.80. The first-order valence-corrected chi connectivity index (χ1v) is 8.77. The number of hydroxylamine groups is 1. The Hall–Kier alpha value is -2.68. The van der Waals surface area contributed by atoms with Crippen LogP contribution in [0.25, 0.3) is 16.6 Å². The molecular formula is C17H13Cl2N5O3. The average molecular weight is 406 g/mol. The number of Topliss-reactive ketones (excluding diaryl/α,β-unsaturated/α-hetero) is 1. The van der Waals surface area contributed by atoms with Crippen molar-refractivity contribution in [3.63, 3.8) is 0 Å². The van der Waals surface area contributed by atoms with E-state index in [1.54, 1.807) is 47.0 Å². The zero-order chi connectivity index (χ0) is 19.1. The van der Waals surface area contributed by atoms with E-state index < -0.39 is 11.9 Å². The van der Waals surface area contributed by atoms with Gasteiger partial charge in [0.1, 0.15) is 5.82 Å². The molecule has 10 heteroatoms. The predicted molar refractivity (Wildman–Crippen MR) is 99.6 cm³/mol. The third-order valence-electron chi connectivity index (χ3n) is 4.49. The molecule has 0 unspecified atom stereocenters. The van der Waals surface area contributed by atoms with E-state index in [0.29, 0.717) is 22.0 Å². The van der Waals surface area contributed by atoms with Gasteiger partial charge < -0.3 is 9.47 Å². The van der Waals surface area contributed by atoms with Gasteiger partial charge in [-0.05, 0) is 12.1 Å². The maximum Gasteiger partial charge on any atom is 0.273 e. The Kier molecular flexibility index (Phi) is 4.47. The second kappa shape index (κ2) is 6.80. The lowest BCUT2D eigenvalue weighted by Crippen LogP contribution is -2.46. The summed E-state index contributed by atoms with van der Waals surface area (Å²) in [5.41, 5.74) is 2.70. The van der Waals surface area contributed by atoms with Crippen molar-refractivity contribution in [1.82, 2.24) is 20.0 Å². The Morgan fingerprint density at radius 2 is 2.15 bits per heavy atom. The number of fused-ring (bicyclic) bond motifs is 1. The van der Waals surface area contributed by atoms with Crippen LogP contribution in [-0.4, -0.2) is 44.0 Å². The molecule has 3 aromatic rings. The summed E-state index contributed by atoms with van der Waals surface area (Å²) in [6.45, 7) is 0.289. The highest BCUT2D eigenvalue weighted by Gasteiger charge is 2.39. The molecule has 1 amide bonds. The molecule has 0 aliphatic carbocycles. The standard InChI is InChI=1S/C17H13Cl2N5O3/c18-10-2-1-9-11(23-6-4-20-8-23)7-13(21-15(9)14(10)19)24-5-3-12(25)16(24)17(26)22-27/h1-2,4,6-8,16,27H,3,5H2,(H,22,26)/t16-/m0/s1. The van der Waals surface area contributed by atoms with Crippen molar-refractivity contribution in [2.45, 2.75) is 12.5 Å². The molecule has 1 aliphatic rings. The number of carbonyl (C=O) groups is 2. The molecule has 27 heavy (non-hydrogen) atoms. The van der Waals surface area contributed by atoms with E-state index in [4.69, 9.17) is 28.4 Å². The van der Waals surface area contributed by atoms with Crippen LogP contribution in [0.3, 0.4) is 0 Å². The summed E-state index contributed by atoms with van der Waals surface area (Å²) < 4.78 is 1.77. The third kappa shape index (κ3) is 2.91. The minimum Gasteiger partial charge on any atom is -0.338 e. The first-order chi connectivity index (χ1) is 13.0. The second-order valence-electron chi connectivity index (χ2n) is 6.02. The van der Waals surface area contributed by atoms with Crippen LogP contribution in [0.5, 0.6) is 0 Å². The highest BCUT2D eigenvalue weighted by atomic mass is 35.5. The topological polar surface area (TPSA) is 100 Å². The van der Waals surface area contributed by atoms with Gasteiger partial charge in [-0.2, -0.15) is 0 Å². The lowest BCUT2D eigenvalue weighted by Gasteiger charge is -2.24. The zero-order valence-electron chi connectivity index (χ0n) is 13.8. The number of rotatable bonds is 3.